The summed E-state index contributed by atoms with van der Waals surface area (Å²) in [7, 11) is 0. The number of fused-ring (bicyclic) bond motifs is 3. The highest BCUT2D eigenvalue weighted by Crippen LogP contribution is 2.33. The Labute approximate surface area is 109 Å². The second-order valence-corrected chi connectivity index (χ2v) is 5.68. The van der Waals surface area contributed by atoms with Crippen molar-refractivity contribution in [2.24, 2.45) is 0 Å². The third-order valence-corrected chi connectivity index (χ3v) is 4.68. The van der Waals surface area contributed by atoms with Crippen LogP contribution in [0.3, 0.4) is 0 Å². The summed E-state index contributed by atoms with van der Waals surface area (Å²) in [5, 5.41) is 9.55. The van der Waals surface area contributed by atoms with Crippen molar-refractivity contribution in [3.05, 3.63) is 26.6 Å². The fourth-order valence-corrected chi connectivity index (χ4v) is 3.89. The highest BCUT2D eigenvalue weighted by molar-refractivity contribution is 7.18. The van der Waals surface area contributed by atoms with Crippen molar-refractivity contribution in [2.75, 3.05) is 0 Å². The minimum absolute atomic E-state index is 0.0431. The van der Waals surface area contributed by atoms with Gasteiger partial charge in [-0.15, -0.1) is 11.3 Å². The van der Waals surface area contributed by atoms with Crippen LogP contribution in [0.25, 0.3) is 10.2 Å². The third kappa shape index (κ3) is 1.57. The normalized spacial score (nSPS) is 14.4. The van der Waals surface area contributed by atoms with Gasteiger partial charge in [-0.2, -0.15) is 5.26 Å². The zero-order valence-electron chi connectivity index (χ0n) is 10.2. The van der Waals surface area contributed by atoms with Crippen molar-refractivity contribution in [3.63, 3.8) is 0 Å². The topological polar surface area (TPSA) is 58.7 Å². The highest BCUT2D eigenvalue weighted by atomic mass is 32.1. The number of thiophene rings is 1. The second-order valence-electron chi connectivity index (χ2n) is 4.60. The maximum Gasteiger partial charge on any atom is 0.263 e. The zero-order chi connectivity index (χ0) is 12.7. The van der Waals surface area contributed by atoms with E-state index in [9.17, 15) is 4.79 Å². The summed E-state index contributed by atoms with van der Waals surface area (Å²) in [6, 6.07) is 2.03. The molecule has 0 unspecified atom stereocenters. The molecular formula is C13H13N3OS. The standard InChI is InChI=1S/C13H13N3OS/c1-8-15-12-11(13(17)16(8)7-6-14)9-4-2-3-5-10(9)18-12/h2-5,7H2,1H3. The summed E-state index contributed by atoms with van der Waals surface area (Å²) < 4.78 is 1.48. The molecule has 18 heavy (non-hydrogen) atoms. The molecule has 1 aliphatic rings. The summed E-state index contributed by atoms with van der Waals surface area (Å²) in [6.07, 6.45) is 4.38. The first-order chi connectivity index (χ1) is 8.72. The van der Waals surface area contributed by atoms with E-state index in [2.05, 4.69) is 4.98 Å². The van der Waals surface area contributed by atoms with Crippen LogP contribution in [0.1, 0.15) is 29.1 Å². The Morgan fingerprint density at radius 1 is 1.44 bits per heavy atom. The first-order valence-corrected chi connectivity index (χ1v) is 6.92. The smallest absolute Gasteiger partial charge is 0.263 e. The fourth-order valence-electron chi connectivity index (χ4n) is 2.60. The lowest BCUT2D eigenvalue weighted by Crippen LogP contribution is -2.23. The Bertz CT molecular complexity index is 720. The van der Waals surface area contributed by atoms with Crippen molar-refractivity contribution in [1.29, 1.82) is 5.26 Å². The molecule has 3 rings (SSSR count). The van der Waals surface area contributed by atoms with Gasteiger partial charge in [-0.1, -0.05) is 0 Å². The molecule has 0 amide bonds. The Balaban J connectivity index is 2.36. The number of hydrogen-bond donors (Lipinski definition) is 0. The van der Waals surface area contributed by atoms with Crippen LogP contribution < -0.4 is 5.56 Å². The van der Waals surface area contributed by atoms with Crippen LogP contribution in [0.5, 0.6) is 0 Å². The maximum absolute atomic E-state index is 12.5. The Kier molecular flexibility index (Phi) is 2.67. The van der Waals surface area contributed by atoms with Gasteiger partial charge in [0.05, 0.1) is 11.5 Å². The first kappa shape index (κ1) is 11.4. The molecule has 0 saturated carbocycles. The molecule has 0 spiro atoms. The molecule has 0 saturated heterocycles. The third-order valence-electron chi connectivity index (χ3n) is 3.49. The van der Waals surface area contributed by atoms with Gasteiger partial charge in [0, 0.05) is 4.88 Å². The molecule has 0 N–H and O–H groups in total. The molecule has 0 aromatic carbocycles. The molecule has 4 nitrogen and oxygen atoms in total. The van der Waals surface area contributed by atoms with Crippen LogP contribution in [0, 0.1) is 18.3 Å². The van der Waals surface area contributed by atoms with E-state index in [1.807, 2.05) is 6.07 Å². The lowest BCUT2D eigenvalue weighted by Gasteiger charge is -2.10. The van der Waals surface area contributed by atoms with Gasteiger partial charge in [-0.3, -0.25) is 9.36 Å². The summed E-state index contributed by atoms with van der Waals surface area (Å²) >= 11 is 1.65. The molecule has 0 atom stereocenters. The number of hydrogen-bond acceptors (Lipinski definition) is 4. The second kappa shape index (κ2) is 4.21. The van der Waals surface area contributed by atoms with Crippen molar-refractivity contribution in [2.45, 2.75) is 39.2 Å². The van der Waals surface area contributed by atoms with Crippen molar-refractivity contribution >= 4 is 21.6 Å². The predicted molar refractivity (Wildman–Crippen MR) is 70.9 cm³/mol. The number of rotatable bonds is 1. The van der Waals surface area contributed by atoms with Crippen LogP contribution in [0.15, 0.2) is 4.79 Å². The van der Waals surface area contributed by atoms with E-state index in [1.54, 1.807) is 18.3 Å². The van der Waals surface area contributed by atoms with E-state index < -0.39 is 0 Å². The minimum Gasteiger partial charge on any atom is -0.282 e. The molecule has 1 aliphatic carbocycles. The first-order valence-electron chi connectivity index (χ1n) is 6.11. The highest BCUT2D eigenvalue weighted by Gasteiger charge is 2.20. The summed E-state index contributed by atoms with van der Waals surface area (Å²) in [6.45, 7) is 1.87. The van der Waals surface area contributed by atoms with Gasteiger partial charge < -0.3 is 0 Å². The van der Waals surface area contributed by atoms with Crippen molar-refractivity contribution in [1.82, 2.24) is 9.55 Å². The van der Waals surface area contributed by atoms with Gasteiger partial charge in [0.1, 0.15) is 17.2 Å². The molecule has 0 radical (unpaired) electrons. The van der Waals surface area contributed by atoms with E-state index in [0.717, 1.165) is 29.5 Å². The number of aromatic nitrogens is 2. The summed E-state index contributed by atoms with van der Waals surface area (Å²) in [4.78, 5) is 19.1. The lowest BCUT2D eigenvalue weighted by molar-refractivity contribution is 0.696. The van der Waals surface area contributed by atoms with Crippen LogP contribution in [0.2, 0.25) is 0 Å². The van der Waals surface area contributed by atoms with Crippen molar-refractivity contribution in [3.8, 4) is 6.07 Å². The lowest BCUT2D eigenvalue weighted by atomic mass is 9.97. The van der Waals surface area contributed by atoms with Crippen LogP contribution in [0.4, 0.5) is 0 Å². The van der Waals surface area contributed by atoms with Crippen molar-refractivity contribution < 1.29 is 0 Å². The van der Waals surface area contributed by atoms with Gasteiger partial charge in [0.2, 0.25) is 0 Å². The fraction of sp³-hybridized carbons (Fsp3) is 0.462. The van der Waals surface area contributed by atoms with E-state index in [1.165, 1.54) is 21.4 Å². The van der Waals surface area contributed by atoms with E-state index in [0.29, 0.717) is 5.82 Å². The summed E-state index contributed by atoms with van der Waals surface area (Å²) in [5.41, 5.74) is 1.14. The molecular weight excluding hydrogens is 246 g/mol. The number of aryl methyl sites for hydroxylation is 3. The summed E-state index contributed by atoms with van der Waals surface area (Å²) in [5.74, 6) is 0.632. The predicted octanol–water partition coefficient (Wildman–Crippen LogP) is 2.17. The van der Waals surface area contributed by atoms with Gasteiger partial charge in [0.15, 0.2) is 0 Å². The monoisotopic (exact) mass is 259 g/mol. The average Bonchev–Trinajstić information content (AvgIpc) is 2.72. The van der Waals surface area contributed by atoms with Gasteiger partial charge >= 0.3 is 0 Å². The molecule has 2 heterocycles. The Hall–Kier alpha value is -1.67. The molecule has 0 bridgehead atoms. The molecule has 92 valence electrons. The zero-order valence-corrected chi connectivity index (χ0v) is 11.0. The van der Waals surface area contributed by atoms with Crippen LogP contribution >= 0.6 is 11.3 Å². The average molecular weight is 259 g/mol. The maximum atomic E-state index is 12.5. The minimum atomic E-state index is -0.0431. The van der Waals surface area contributed by atoms with Crippen LogP contribution in [-0.2, 0) is 19.4 Å². The van der Waals surface area contributed by atoms with Gasteiger partial charge in [-0.25, -0.2) is 4.98 Å². The number of nitrogens with zero attached hydrogens (tertiary/aromatic N) is 3. The van der Waals surface area contributed by atoms with E-state index >= 15 is 0 Å². The largest absolute Gasteiger partial charge is 0.282 e. The molecule has 0 fully saturated rings. The molecule has 0 aliphatic heterocycles. The Morgan fingerprint density at radius 2 is 2.22 bits per heavy atom. The van der Waals surface area contributed by atoms with Crippen LogP contribution in [-0.4, -0.2) is 9.55 Å². The molecule has 2 aromatic heterocycles. The van der Waals surface area contributed by atoms with Gasteiger partial charge in [0.25, 0.3) is 5.56 Å². The van der Waals surface area contributed by atoms with E-state index in [4.69, 9.17) is 5.26 Å². The number of nitriles is 1. The molecule has 2 aromatic rings. The molecule has 5 heteroatoms. The quantitative estimate of drug-likeness (QED) is 0.788. The SMILES string of the molecule is Cc1nc2sc3c(c2c(=O)n1CC#N)CCCC3. The van der Waals surface area contributed by atoms with E-state index in [-0.39, 0.29) is 12.1 Å². The Morgan fingerprint density at radius 3 is 3.00 bits per heavy atom. The van der Waals surface area contributed by atoms with Gasteiger partial charge in [-0.05, 0) is 38.2 Å².